The van der Waals surface area contributed by atoms with Crippen molar-refractivity contribution in [2.24, 2.45) is 0 Å². The predicted molar refractivity (Wildman–Crippen MR) is 444 cm³/mol. The summed E-state index contributed by atoms with van der Waals surface area (Å²) in [5, 5.41) is 3.08. The van der Waals surface area contributed by atoms with Gasteiger partial charge in [-0.15, -0.1) is 0 Å². The summed E-state index contributed by atoms with van der Waals surface area (Å²) >= 11 is 12.1. The Kier molecular flexibility index (Phi) is 27.9. The van der Waals surface area contributed by atoms with E-state index in [1.54, 1.807) is 36.8 Å². The van der Waals surface area contributed by atoms with Gasteiger partial charge >= 0.3 is 137 Å². The topological polar surface area (TPSA) is 204 Å². The zero-order chi connectivity index (χ0) is 75.1. The van der Waals surface area contributed by atoms with Gasteiger partial charge in [0.05, 0.1) is 80.9 Å². The van der Waals surface area contributed by atoms with Crippen molar-refractivity contribution < 1.29 is 88.9 Å². The maximum atomic E-state index is 11.8. The van der Waals surface area contributed by atoms with E-state index in [0.29, 0.717) is 93.4 Å². The van der Waals surface area contributed by atoms with E-state index >= 15 is 0 Å². The van der Waals surface area contributed by atoms with Crippen molar-refractivity contribution in [2.45, 2.75) is 193 Å². The van der Waals surface area contributed by atoms with Crippen LogP contribution in [0.15, 0.2) is 183 Å². The predicted octanol–water partition coefficient (Wildman–Crippen LogP) is 22.2. The number of epoxide rings is 2. The summed E-state index contributed by atoms with van der Waals surface area (Å²) in [6, 6.07) is 25.0. The number of fused-ring (bicyclic) bond motifs is 6. The molecule has 14 rings (SSSR count). The fourth-order valence-electron chi connectivity index (χ4n) is 13.0. The molecule has 2 spiro atoms. The Labute approximate surface area is 679 Å². The van der Waals surface area contributed by atoms with Crippen LogP contribution in [0.1, 0.15) is 146 Å². The van der Waals surface area contributed by atoms with E-state index in [-0.39, 0.29) is 28.3 Å². The van der Waals surface area contributed by atoms with Gasteiger partial charge in [-0.25, -0.2) is 9.59 Å². The molecule has 105 heavy (non-hydrogen) atoms. The van der Waals surface area contributed by atoms with Gasteiger partial charge in [-0.3, -0.25) is 0 Å². The molecule has 0 radical (unpaired) electrons. The van der Waals surface area contributed by atoms with Crippen LogP contribution in [0.4, 0.5) is 0 Å². The Morgan fingerprint density at radius 2 is 0.771 bits per heavy atom. The fraction of sp³-hybridized carbons (Fsp3) is 0.425. The molecule has 8 aromatic rings. The summed E-state index contributed by atoms with van der Waals surface area (Å²) in [4.78, 5) is 23.3. The van der Waals surface area contributed by atoms with E-state index in [4.69, 9.17) is 74.5 Å². The van der Waals surface area contributed by atoms with Crippen LogP contribution in [0, 0.1) is 0 Å². The van der Waals surface area contributed by atoms with Crippen LogP contribution < -0.4 is 39.7 Å². The van der Waals surface area contributed by atoms with Crippen molar-refractivity contribution in [2.75, 3.05) is 26.4 Å². The fourth-order valence-corrected chi connectivity index (χ4v) is 13.0. The van der Waals surface area contributed by atoms with Gasteiger partial charge in [-0.05, 0) is 219 Å². The second-order valence-electron chi connectivity index (χ2n) is 28.8. The Morgan fingerprint density at radius 3 is 1.11 bits per heavy atom. The first-order chi connectivity index (χ1) is 49.9. The molecule has 4 aromatic heterocycles. The molecule has 0 amide bonds. The molecule has 10 heterocycles. The SMILES string of the molecule is C/C(=C\COc1ccc2c(c1)OC1(C=C2)OC(CC/C(C)=C/COc2c3ccoc3cc3oc(=O)ccc23)C(C)(C)O1)CCC1OC1(C)C.C/C(=C\COc1ccc2c(c1)OC1(C=C2)OC(CC/C(C)=C/COc2c3ccoc3cc3oc(=O)ccc23)C(C)(C)O1)CCC1OC1(C)C.[I][V]([I])[I].[I][V][I]. The minimum absolute atomic E-state index is 0.0251. The Hall–Kier alpha value is -3.80. The molecule has 6 aliphatic heterocycles. The number of ether oxygens (including phenoxy) is 12. The quantitative estimate of drug-likeness (QED) is 0.0239. The molecule has 6 unspecified atom stereocenters. The van der Waals surface area contributed by atoms with Gasteiger partial charge < -0.3 is 74.5 Å². The van der Waals surface area contributed by atoms with Gasteiger partial charge in [0.25, 0.3) is 0 Å². The minimum atomic E-state index is -1.31. The van der Waals surface area contributed by atoms with Crippen LogP contribution in [-0.2, 0) is 42.8 Å². The van der Waals surface area contributed by atoms with Gasteiger partial charge in [0, 0.05) is 59.7 Å². The molecule has 0 aliphatic carbocycles. The summed E-state index contributed by atoms with van der Waals surface area (Å²) in [5.74, 6) is 1.36. The maximum absolute atomic E-state index is 11.8. The van der Waals surface area contributed by atoms with Gasteiger partial charge in [-0.2, -0.15) is 0 Å². The molecule has 4 aromatic carbocycles. The van der Waals surface area contributed by atoms with Crippen molar-refractivity contribution >= 4 is 156 Å². The molecule has 0 bridgehead atoms. The number of rotatable bonds is 24. The second-order valence-corrected chi connectivity index (χ2v) is 75.9. The van der Waals surface area contributed by atoms with Crippen molar-refractivity contribution in [3.63, 3.8) is 0 Å². The molecule has 18 nitrogen and oxygen atoms in total. The summed E-state index contributed by atoms with van der Waals surface area (Å²) in [5.41, 5.74) is 6.82. The van der Waals surface area contributed by atoms with Crippen molar-refractivity contribution in [1.82, 2.24) is 0 Å². The third-order valence-electron chi connectivity index (χ3n) is 19.2. The van der Waals surface area contributed by atoms with Crippen molar-refractivity contribution in [3.8, 4) is 34.5 Å². The standard InChI is InChI=1S/2C40H44O9.5HI.2V/c2*1-25(7-12-34-38(3,4)47-34)16-20-42-28-10-9-27-15-19-40(46-31(27)23-28)48-35(39(5,6)49-40)13-8-26(2)17-21-44-37-29-11-14-36(41)45-33(29)24-32-30(37)18-22-43-32;;;;;;;/h2*9-11,14-19,22-24,34-35H,7-8,12-13,20-21H2,1-6H3;5*1H;;/q;;;;;;;+2;+3/p-5/b2*25-16+,26-17+;;;;;;;. The Balaban J connectivity index is 0.000000193. The molecule has 6 atom stereocenters. The van der Waals surface area contributed by atoms with Crippen molar-refractivity contribution in [3.05, 3.63) is 188 Å². The average molecular weight is 2070 g/mol. The Bertz CT molecular complexity index is 4420. The summed E-state index contributed by atoms with van der Waals surface area (Å²) < 4.78 is 96.5. The van der Waals surface area contributed by atoms with Crippen LogP contribution in [-0.4, -0.2) is 85.2 Å². The zero-order valence-corrected chi connectivity index (χ0v) is 74.4. The van der Waals surface area contributed by atoms with E-state index in [2.05, 4.69) is 180 Å². The number of halogens is 5. The summed E-state index contributed by atoms with van der Waals surface area (Å²) in [7, 11) is 0.628. The van der Waals surface area contributed by atoms with Crippen LogP contribution in [0.5, 0.6) is 34.5 Å². The number of hydrogen-bond donors (Lipinski definition) is 0. The molecule has 25 heteroatoms. The molecule has 0 saturated carbocycles. The first-order valence-corrected chi connectivity index (χ1v) is 57.4. The van der Waals surface area contributed by atoms with E-state index in [9.17, 15) is 9.59 Å². The first kappa shape index (κ1) is 82.2. The third kappa shape index (κ3) is 21.9. The normalized spacial score (nSPS) is 22.8. The van der Waals surface area contributed by atoms with E-state index in [0.717, 1.165) is 107 Å². The van der Waals surface area contributed by atoms with Crippen LogP contribution in [0.25, 0.3) is 56.0 Å². The van der Waals surface area contributed by atoms with Gasteiger partial charge in [0.2, 0.25) is 0 Å². The Morgan fingerprint density at radius 1 is 0.448 bits per heavy atom. The number of hydrogen-bond acceptors (Lipinski definition) is 18. The van der Waals surface area contributed by atoms with E-state index < -0.39 is 34.4 Å². The van der Waals surface area contributed by atoms with Crippen molar-refractivity contribution in [1.29, 1.82) is 0 Å². The second kappa shape index (κ2) is 35.7. The molecule has 6 aliphatic rings. The van der Waals surface area contributed by atoms with Gasteiger partial charge in [0.15, 0.2) is 0 Å². The van der Waals surface area contributed by atoms with E-state index in [1.807, 2.05) is 101 Å². The molecule has 4 saturated heterocycles. The van der Waals surface area contributed by atoms with Crippen LogP contribution >= 0.6 is 99.9 Å². The molecule has 4 fully saturated rings. The van der Waals surface area contributed by atoms with E-state index in [1.165, 1.54) is 23.3 Å². The third-order valence-corrected chi connectivity index (χ3v) is 19.2. The number of benzene rings is 4. The molecular formula is C80H88I5O18V2. The summed E-state index contributed by atoms with van der Waals surface area (Å²) in [6.07, 6.45) is 26.5. The molecular weight excluding hydrogens is 1990 g/mol. The number of furan rings is 2. The number of allylic oxidation sites excluding steroid dienone is 4. The average Bonchev–Trinajstić information content (AvgIpc) is 1.72. The van der Waals surface area contributed by atoms with Gasteiger partial charge in [-0.1, -0.05) is 22.3 Å². The van der Waals surface area contributed by atoms with Crippen LogP contribution in [0.2, 0.25) is 0 Å². The zero-order valence-electron chi connectivity index (χ0n) is 60.8. The first-order valence-electron chi connectivity index (χ1n) is 34.8. The molecule has 561 valence electrons. The van der Waals surface area contributed by atoms with Gasteiger partial charge in [0.1, 0.15) is 83.3 Å². The van der Waals surface area contributed by atoms with Crippen LogP contribution in [0.3, 0.4) is 0 Å². The summed E-state index contributed by atoms with van der Waals surface area (Å²) in [6.45, 7) is 26.7. The molecule has 0 N–H and O–H groups in total. The monoisotopic (exact) mass is 2070 g/mol.